The van der Waals surface area contributed by atoms with E-state index in [-0.39, 0.29) is 11.3 Å². The Morgan fingerprint density at radius 1 is 0.833 bits per heavy atom. The van der Waals surface area contributed by atoms with Gasteiger partial charge < -0.3 is 9.67 Å². The average molecular weight is 493 g/mol. The van der Waals surface area contributed by atoms with Crippen LogP contribution in [-0.2, 0) is 16.6 Å². The second kappa shape index (κ2) is 8.40. The van der Waals surface area contributed by atoms with Crippen LogP contribution >= 0.6 is 11.6 Å². The predicted molar refractivity (Wildman–Crippen MR) is 143 cm³/mol. The highest BCUT2D eigenvalue weighted by Crippen LogP contribution is 2.45. The zero-order chi connectivity index (χ0) is 25.0. The van der Waals surface area contributed by atoms with Crippen molar-refractivity contribution in [1.29, 1.82) is 0 Å². The molecule has 1 fully saturated rings. The molecule has 1 aromatic heterocycles. The normalized spacial score (nSPS) is 17.4. The Morgan fingerprint density at radius 2 is 1.50 bits per heavy atom. The molecule has 1 atom stereocenters. The number of halogens is 1. The quantitative estimate of drug-likeness (QED) is 0.175. The van der Waals surface area contributed by atoms with Crippen LogP contribution in [0.15, 0.2) is 103 Å². The number of carbonyl (C=O) groups excluding carboxylic acids is 2. The number of aliphatic hydroxyl groups is 1. The molecule has 1 aliphatic heterocycles. The van der Waals surface area contributed by atoms with Gasteiger partial charge in [-0.15, -0.1) is 0 Å². The molecule has 6 heteroatoms. The molecule has 0 spiro atoms. The summed E-state index contributed by atoms with van der Waals surface area (Å²) >= 11 is 6.11. The van der Waals surface area contributed by atoms with Gasteiger partial charge in [0.05, 0.1) is 11.6 Å². The van der Waals surface area contributed by atoms with Crippen molar-refractivity contribution in [2.75, 3.05) is 4.90 Å². The fourth-order valence-corrected chi connectivity index (χ4v) is 5.29. The van der Waals surface area contributed by atoms with E-state index >= 15 is 0 Å². The highest BCUT2D eigenvalue weighted by Gasteiger charge is 2.48. The Balaban J connectivity index is 1.67. The first-order chi connectivity index (χ1) is 17.5. The van der Waals surface area contributed by atoms with Gasteiger partial charge >= 0.3 is 0 Å². The molecule has 4 aromatic carbocycles. The lowest BCUT2D eigenvalue weighted by atomic mass is 9.93. The van der Waals surface area contributed by atoms with Gasteiger partial charge in [-0.05, 0) is 41.1 Å². The highest BCUT2D eigenvalue weighted by molar-refractivity contribution is 6.52. The number of rotatable bonds is 3. The molecule has 1 N–H and O–H groups in total. The van der Waals surface area contributed by atoms with E-state index in [9.17, 15) is 14.7 Å². The molecule has 0 saturated carbocycles. The van der Waals surface area contributed by atoms with Gasteiger partial charge in [0.2, 0.25) is 0 Å². The zero-order valence-corrected chi connectivity index (χ0v) is 20.1. The summed E-state index contributed by atoms with van der Waals surface area (Å²) in [6.07, 6.45) is 1.92. The van der Waals surface area contributed by atoms with Crippen LogP contribution < -0.4 is 4.90 Å². The summed E-state index contributed by atoms with van der Waals surface area (Å²) in [6.45, 7) is 0. The van der Waals surface area contributed by atoms with Crippen molar-refractivity contribution in [1.82, 2.24) is 4.57 Å². The molecule has 0 bridgehead atoms. The highest BCUT2D eigenvalue weighted by atomic mass is 35.5. The van der Waals surface area contributed by atoms with E-state index in [1.165, 1.54) is 4.90 Å². The van der Waals surface area contributed by atoms with Crippen molar-refractivity contribution >= 4 is 56.4 Å². The number of aromatic nitrogens is 1. The number of aryl methyl sites for hydroxylation is 1. The van der Waals surface area contributed by atoms with Crippen molar-refractivity contribution in [2.24, 2.45) is 7.05 Å². The van der Waals surface area contributed by atoms with Gasteiger partial charge in [-0.1, -0.05) is 72.3 Å². The van der Waals surface area contributed by atoms with E-state index in [4.69, 9.17) is 11.6 Å². The number of para-hydroxylation sites is 1. The van der Waals surface area contributed by atoms with Crippen molar-refractivity contribution in [3.63, 3.8) is 0 Å². The maximum atomic E-state index is 13.6. The van der Waals surface area contributed by atoms with Gasteiger partial charge in [0.25, 0.3) is 11.7 Å². The van der Waals surface area contributed by atoms with Crippen LogP contribution in [0.2, 0.25) is 5.02 Å². The molecule has 0 aliphatic carbocycles. The first-order valence-electron chi connectivity index (χ1n) is 11.5. The Morgan fingerprint density at radius 3 is 2.28 bits per heavy atom. The number of Topliss-reactive ketones (excluding diaryl/α,β-unsaturated/α-hetero) is 1. The molecule has 1 unspecified atom stereocenters. The van der Waals surface area contributed by atoms with E-state index in [1.54, 1.807) is 30.3 Å². The largest absolute Gasteiger partial charge is 0.507 e. The third-order valence-electron chi connectivity index (χ3n) is 6.82. The molecule has 5 aromatic rings. The number of anilines is 1. The fourth-order valence-electron chi connectivity index (χ4n) is 5.16. The first-order valence-corrected chi connectivity index (χ1v) is 11.9. The molecule has 5 nitrogen and oxygen atoms in total. The molecule has 2 heterocycles. The minimum absolute atomic E-state index is 0.0580. The van der Waals surface area contributed by atoms with Gasteiger partial charge in [0.15, 0.2) is 0 Å². The van der Waals surface area contributed by atoms with Gasteiger partial charge in [-0.3, -0.25) is 14.5 Å². The van der Waals surface area contributed by atoms with Crippen LogP contribution in [0.25, 0.3) is 27.4 Å². The van der Waals surface area contributed by atoms with Crippen LogP contribution in [-0.4, -0.2) is 21.4 Å². The summed E-state index contributed by atoms with van der Waals surface area (Å²) < 4.78 is 1.96. The van der Waals surface area contributed by atoms with E-state index in [2.05, 4.69) is 0 Å². The molecule has 1 saturated heterocycles. The lowest BCUT2D eigenvalue weighted by Gasteiger charge is -2.25. The van der Waals surface area contributed by atoms with Gasteiger partial charge in [0, 0.05) is 46.0 Å². The maximum absolute atomic E-state index is 13.6. The lowest BCUT2D eigenvalue weighted by molar-refractivity contribution is -0.132. The van der Waals surface area contributed by atoms with E-state index in [1.807, 2.05) is 78.5 Å². The molecule has 1 aliphatic rings. The molecule has 36 heavy (non-hydrogen) atoms. The lowest BCUT2D eigenvalue weighted by Crippen LogP contribution is -2.29. The molecule has 0 radical (unpaired) electrons. The van der Waals surface area contributed by atoms with E-state index in [0.29, 0.717) is 16.3 Å². The van der Waals surface area contributed by atoms with E-state index < -0.39 is 17.7 Å². The Hall–Kier alpha value is -4.35. The predicted octanol–water partition coefficient (Wildman–Crippen LogP) is 6.61. The second-order valence-electron chi connectivity index (χ2n) is 8.88. The number of hydrogen-bond donors (Lipinski definition) is 1. The Bertz CT molecular complexity index is 1710. The third-order valence-corrected chi connectivity index (χ3v) is 7.07. The number of aliphatic hydroxyl groups excluding tert-OH is 1. The Kier molecular flexibility index (Phi) is 5.16. The van der Waals surface area contributed by atoms with Crippen molar-refractivity contribution in [2.45, 2.75) is 6.04 Å². The van der Waals surface area contributed by atoms with Gasteiger partial charge in [0.1, 0.15) is 5.76 Å². The summed E-state index contributed by atoms with van der Waals surface area (Å²) in [7, 11) is 1.92. The smallest absolute Gasteiger partial charge is 0.300 e. The van der Waals surface area contributed by atoms with Crippen LogP contribution in [0, 0.1) is 0 Å². The van der Waals surface area contributed by atoms with Crippen LogP contribution in [0.4, 0.5) is 5.69 Å². The van der Waals surface area contributed by atoms with E-state index in [0.717, 1.165) is 27.2 Å². The summed E-state index contributed by atoms with van der Waals surface area (Å²) in [5.41, 5.74) is 2.80. The SMILES string of the molecule is Cn1cc(C2/C(=C(\O)c3cccc4ccccc34)C(=O)C(=O)N2c2ccc(Cl)cc2)c2ccccc21. The zero-order valence-electron chi connectivity index (χ0n) is 19.4. The fraction of sp³-hybridized carbons (Fsp3) is 0.0667. The molecule has 6 rings (SSSR count). The molecule has 1 amide bonds. The number of fused-ring (bicyclic) bond motifs is 2. The maximum Gasteiger partial charge on any atom is 0.300 e. The van der Waals surface area contributed by atoms with Crippen LogP contribution in [0.3, 0.4) is 0 Å². The number of benzene rings is 4. The van der Waals surface area contributed by atoms with Crippen molar-refractivity contribution in [3.8, 4) is 0 Å². The number of nitrogens with zero attached hydrogens (tertiary/aromatic N) is 2. The number of carbonyl (C=O) groups is 2. The minimum Gasteiger partial charge on any atom is -0.507 e. The molecular weight excluding hydrogens is 472 g/mol. The van der Waals surface area contributed by atoms with Gasteiger partial charge in [-0.2, -0.15) is 0 Å². The number of hydrogen-bond acceptors (Lipinski definition) is 3. The van der Waals surface area contributed by atoms with Gasteiger partial charge in [-0.25, -0.2) is 0 Å². The first kappa shape index (κ1) is 22.1. The standard InChI is InChI=1S/C30H21ClN2O3/c1-32-17-24(22-10-4-5-12-25(22)32)27-26(28(34)23-11-6-8-18-7-2-3-9-21(18)23)29(35)30(36)33(27)20-15-13-19(31)14-16-20/h2-17,27,34H,1H3/b28-26+. The number of ketones is 1. The molecular formula is C30H21ClN2O3. The second-order valence-corrected chi connectivity index (χ2v) is 9.32. The van der Waals surface area contributed by atoms with Crippen molar-refractivity contribution < 1.29 is 14.7 Å². The summed E-state index contributed by atoms with van der Waals surface area (Å²) in [5, 5.41) is 14.8. The topological polar surface area (TPSA) is 62.5 Å². The number of amides is 1. The minimum atomic E-state index is -0.823. The summed E-state index contributed by atoms with van der Waals surface area (Å²) in [6, 6.07) is 27.0. The summed E-state index contributed by atoms with van der Waals surface area (Å²) in [5.74, 6) is -1.62. The summed E-state index contributed by atoms with van der Waals surface area (Å²) in [4.78, 5) is 28.6. The third kappa shape index (κ3) is 3.32. The monoisotopic (exact) mass is 492 g/mol. The van der Waals surface area contributed by atoms with Crippen LogP contribution in [0.5, 0.6) is 0 Å². The average Bonchev–Trinajstić information content (AvgIpc) is 3.37. The Labute approximate surface area is 212 Å². The van der Waals surface area contributed by atoms with Crippen LogP contribution in [0.1, 0.15) is 17.2 Å². The van der Waals surface area contributed by atoms with Crippen molar-refractivity contribution in [3.05, 3.63) is 119 Å². The molecule has 176 valence electrons.